The van der Waals surface area contributed by atoms with Crippen LogP contribution in [0.1, 0.15) is 21.7 Å². The van der Waals surface area contributed by atoms with Crippen LogP contribution in [0.3, 0.4) is 0 Å². The number of methoxy groups -OCH3 is 1. The highest BCUT2D eigenvalue weighted by atomic mass is 35.5. The molecule has 0 radical (unpaired) electrons. The molecular weight excluding hydrogens is 400 g/mol. The molecule has 0 bridgehead atoms. The first-order valence-electron chi connectivity index (χ1n) is 9.50. The van der Waals surface area contributed by atoms with E-state index < -0.39 is 0 Å². The Hall–Kier alpha value is -3.50. The summed E-state index contributed by atoms with van der Waals surface area (Å²) in [6.45, 7) is 0. The molecule has 0 spiro atoms. The fourth-order valence-corrected chi connectivity index (χ4v) is 3.80. The van der Waals surface area contributed by atoms with Crippen molar-refractivity contribution in [1.29, 1.82) is 0 Å². The summed E-state index contributed by atoms with van der Waals surface area (Å²) in [6, 6.07) is 18.3. The largest absolute Gasteiger partial charge is 0.497 e. The Balaban J connectivity index is 1.73. The number of ether oxygens (including phenoxy) is 2. The zero-order chi connectivity index (χ0) is 20.7. The minimum absolute atomic E-state index is 0.203. The third-order valence-corrected chi connectivity index (χ3v) is 5.44. The first-order valence-corrected chi connectivity index (χ1v) is 9.87. The van der Waals surface area contributed by atoms with Gasteiger partial charge in [0.25, 0.3) is 0 Å². The Morgan fingerprint density at radius 2 is 1.80 bits per heavy atom. The number of furan rings is 1. The summed E-state index contributed by atoms with van der Waals surface area (Å²) in [5.41, 5.74) is 3.79. The highest BCUT2D eigenvalue weighted by Crippen LogP contribution is 2.40. The molecule has 4 nitrogen and oxygen atoms in total. The lowest BCUT2D eigenvalue weighted by atomic mass is 9.96. The van der Waals surface area contributed by atoms with E-state index in [0.717, 1.165) is 40.0 Å². The average molecular weight is 417 g/mol. The van der Waals surface area contributed by atoms with Crippen molar-refractivity contribution < 1.29 is 18.7 Å². The Bertz CT molecular complexity index is 1280. The molecule has 1 aliphatic heterocycles. The number of carbonyl (C=O) groups excluding carboxylic acids is 1. The zero-order valence-electron chi connectivity index (χ0n) is 16.1. The average Bonchev–Trinajstić information content (AvgIpc) is 3.15. The van der Waals surface area contributed by atoms with Crippen LogP contribution in [-0.2, 0) is 6.42 Å². The molecule has 2 heterocycles. The van der Waals surface area contributed by atoms with E-state index in [1.807, 2.05) is 42.5 Å². The predicted molar refractivity (Wildman–Crippen MR) is 117 cm³/mol. The SMILES string of the molecule is COc1ccc(-c2c(C(=O)c3ccc(Cl)cc3)oc3cc4c(cc23)CC=CO4)cc1. The second-order valence-electron chi connectivity index (χ2n) is 7.02. The van der Waals surface area contributed by atoms with Crippen LogP contribution in [0.15, 0.2) is 77.4 Å². The minimum Gasteiger partial charge on any atom is -0.497 e. The van der Waals surface area contributed by atoms with E-state index in [2.05, 4.69) is 0 Å². The lowest BCUT2D eigenvalue weighted by molar-refractivity contribution is 0.101. The van der Waals surface area contributed by atoms with E-state index in [0.29, 0.717) is 16.2 Å². The van der Waals surface area contributed by atoms with Gasteiger partial charge in [0.15, 0.2) is 5.76 Å². The number of hydrogen-bond donors (Lipinski definition) is 0. The molecule has 0 N–H and O–H groups in total. The molecule has 0 saturated carbocycles. The van der Waals surface area contributed by atoms with Crippen molar-refractivity contribution in [1.82, 2.24) is 0 Å². The number of fused-ring (bicyclic) bond motifs is 2. The van der Waals surface area contributed by atoms with Gasteiger partial charge in [-0.15, -0.1) is 0 Å². The number of carbonyl (C=O) groups is 1. The van der Waals surface area contributed by atoms with Crippen molar-refractivity contribution in [3.05, 3.63) is 94.9 Å². The van der Waals surface area contributed by atoms with Crippen LogP contribution in [0.5, 0.6) is 11.5 Å². The van der Waals surface area contributed by atoms with E-state index in [4.69, 9.17) is 25.5 Å². The minimum atomic E-state index is -0.203. The molecule has 0 amide bonds. The second kappa shape index (κ2) is 7.39. The fraction of sp³-hybridized carbons (Fsp3) is 0.0800. The van der Waals surface area contributed by atoms with Crippen LogP contribution < -0.4 is 9.47 Å². The van der Waals surface area contributed by atoms with Crippen molar-refractivity contribution in [2.75, 3.05) is 7.11 Å². The third-order valence-electron chi connectivity index (χ3n) is 5.19. The summed E-state index contributed by atoms with van der Waals surface area (Å²) in [5.74, 6) is 1.57. The van der Waals surface area contributed by atoms with Crippen LogP contribution in [0.25, 0.3) is 22.1 Å². The summed E-state index contributed by atoms with van der Waals surface area (Å²) >= 11 is 5.99. The van der Waals surface area contributed by atoms with Crippen LogP contribution in [0, 0.1) is 0 Å². The maximum Gasteiger partial charge on any atom is 0.228 e. The fourth-order valence-electron chi connectivity index (χ4n) is 3.67. The zero-order valence-corrected chi connectivity index (χ0v) is 16.9. The summed E-state index contributed by atoms with van der Waals surface area (Å²) in [6.07, 6.45) is 4.39. The van der Waals surface area contributed by atoms with E-state index in [-0.39, 0.29) is 11.5 Å². The maximum absolute atomic E-state index is 13.4. The van der Waals surface area contributed by atoms with Crippen LogP contribution >= 0.6 is 11.6 Å². The van der Waals surface area contributed by atoms with E-state index >= 15 is 0 Å². The van der Waals surface area contributed by atoms with Gasteiger partial charge in [-0.1, -0.05) is 23.7 Å². The van der Waals surface area contributed by atoms with Gasteiger partial charge < -0.3 is 13.9 Å². The van der Waals surface area contributed by atoms with Gasteiger partial charge in [-0.3, -0.25) is 4.79 Å². The van der Waals surface area contributed by atoms with E-state index in [9.17, 15) is 4.79 Å². The van der Waals surface area contributed by atoms with Crippen molar-refractivity contribution in [2.45, 2.75) is 6.42 Å². The van der Waals surface area contributed by atoms with Gasteiger partial charge in [0.2, 0.25) is 5.78 Å². The standard InChI is InChI=1S/C25H17ClO4/c1-28-19-10-6-15(7-11-19)23-20-13-17-3-2-12-29-21(17)14-22(20)30-25(23)24(27)16-4-8-18(26)9-5-16/h2,4-14H,3H2,1H3. The number of hydrogen-bond acceptors (Lipinski definition) is 4. The monoisotopic (exact) mass is 416 g/mol. The molecule has 0 atom stereocenters. The Morgan fingerprint density at radius 1 is 1.03 bits per heavy atom. The third kappa shape index (κ3) is 3.15. The highest BCUT2D eigenvalue weighted by molar-refractivity contribution is 6.30. The molecule has 0 fully saturated rings. The van der Waals surface area contributed by atoms with Gasteiger partial charge in [0, 0.05) is 27.6 Å². The molecule has 0 saturated heterocycles. The van der Waals surface area contributed by atoms with Gasteiger partial charge in [-0.2, -0.15) is 0 Å². The molecule has 1 aliphatic rings. The van der Waals surface area contributed by atoms with Gasteiger partial charge in [-0.25, -0.2) is 0 Å². The molecule has 0 unspecified atom stereocenters. The van der Waals surface area contributed by atoms with Crippen molar-refractivity contribution in [2.24, 2.45) is 0 Å². The van der Waals surface area contributed by atoms with Gasteiger partial charge in [0.1, 0.15) is 17.1 Å². The van der Waals surface area contributed by atoms with Crippen LogP contribution in [0.4, 0.5) is 0 Å². The number of allylic oxidation sites excluding steroid dienone is 1. The summed E-state index contributed by atoms with van der Waals surface area (Å²) < 4.78 is 17.0. The van der Waals surface area contributed by atoms with Gasteiger partial charge in [0.05, 0.1) is 13.4 Å². The van der Waals surface area contributed by atoms with Crippen LogP contribution in [0.2, 0.25) is 5.02 Å². The smallest absolute Gasteiger partial charge is 0.228 e. The lowest BCUT2D eigenvalue weighted by Crippen LogP contribution is -2.01. The first-order chi connectivity index (χ1) is 14.6. The molecule has 3 aromatic carbocycles. The molecule has 148 valence electrons. The first kappa shape index (κ1) is 18.5. The number of halogens is 1. The molecule has 1 aromatic heterocycles. The number of benzene rings is 3. The lowest BCUT2D eigenvalue weighted by Gasteiger charge is -2.11. The molecule has 5 heteroatoms. The Labute approximate surface area is 178 Å². The van der Waals surface area contributed by atoms with Crippen molar-refractivity contribution >= 4 is 28.4 Å². The molecule has 30 heavy (non-hydrogen) atoms. The van der Waals surface area contributed by atoms with Crippen molar-refractivity contribution in [3.63, 3.8) is 0 Å². The maximum atomic E-state index is 13.4. The topological polar surface area (TPSA) is 48.7 Å². The molecule has 0 aliphatic carbocycles. The molecule has 4 aromatic rings. The normalized spacial score (nSPS) is 12.5. The predicted octanol–water partition coefficient (Wildman–Crippen LogP) is 6.44. The van der Waals surface area contributed by atoms with Gasteiger partial charge >= 0.3 is 0 Å². The summed E-state index contributed by atoms with van der Waals surface area (Å²) in [7, 11) is 1.62. The summed E-state index contributed by atoms with van der Waals surface area (Å²) in [4.78, 5) is 13.4. The Kier molecular flexibility index (Phi) is 4.57. The summed E-state index contributed by atoms with van der Waals surface area (Å²) in [5, 5.41) is 1.44. The van der Waals surface area contributed by atoms with Crippen molar-refractivity contribution in [3.8, 4) is 22.6 Å². The molecule has 5 rings (SSSR count). The molecular formula is C25H17ClO4. The van der Waals surface area contributed by atoms with E-state index in [1.54, 1.807) is 37.6 Å². The second-order valence-corrected chi connectivity index (χ2v) is 7.46. The highest BCUT2D eigenvalue weighted by Gasteiger charge is 2.25. The quantitative estimate of drug-likeness (QED) is 0.359. The van der Waals surface area contributed by atoms with Gasteiger partial charge in [-0.05, 0) is 66.1 Å². The number of rotatable bonds is 4. The number of ketones is 1. The Morgan fingerprint density at radius 3 is 2.53 bits per heavy atom. The van der Waals surface area contributed by atoms with E-state index in [1.165, 1.54) is 0 Å². The van der Waals surface area contributed by atoms with Crippen LogP contribution in [-0.4, -0.2) is 12.9 Å².